The fourth-order valence-electron chi connectivity index (χ4n) is 2.23. The van der Waals surface area contributed by atoms with Gasteiger partial charge in [-0.25, -0.2) is 9.97 Å². The molecule has 0 aliphatic rings. The van der Waals surface area contributed by atoms with E-state index in [0.29, 0.717) is 24.3 Å². The van der Waals surface area contributed by atoms with E-state index in [4.69, 9.17) is 0 Å². The van der Waals surface area contributed by atoms with E-state index in [2.05, 4.69) is 15.1 Å². The molecule has 5 nitrogen and oxygen atoms in total. The van der Waals surface area contributed by atoms with Gasteiger partial charge in [-0.2, -0.15) is 18.3 Å². The molecule has 8 heteroatoms. The van der Waals surface area contributed by atoms with Crippen molar-refractivity contribution in [2.45, 2.75) is 33.1 Å². The molecule has 0 aliphatic heterocycles. The van der Waals surface area contributed by atoms with Crippen LogP contribution in [-0.2, 0) is 26.3 Å². The third-order valence-corrected chi connectivity index (χ3v) is 3.33. The topological polar surface area (TPSA) is 46.8 Å². The Morgan fingerprint density at radius 3 is 2.27 bits per heavy atom. The molecule has 2 heterocycles. The molecule has 0 radical (unpaired) electrons. The summed E-state index contributed by atoms with van der Waals surface area (Å²) in [5.74, 6) is -1.10. The van der Waals surface area contributed by atoms with Crippen molar-refractivity contribution in [3.63, 3.8) is 0 Å². The summed E-state index contributed by atoms with van der Waals surface area (Å²) in [6.45, 7) is 4.61. The van der Waals surface area contributed by atoms with Gasteiger partial charge >= 0.3 is 6.18 Å². The van der Waals surface area contributed by atoms with Crippen molar-refractivity contribution < 1.29 is 13.2 Å². The van der Waals surface area contributed by atoms with E-state index in [0.717, 1.165) is 11.3 Å². The minimum atomic E-state index is -4.51. The molecular formula is C14H18F3N5. The summed E-state index contributed by atoms with van der Waals surface area (Å²) in [6, 6.07) is 0. The van der Waals surface area contributed by atoms with Crippen molar-refractivity contribution >= 4 is 0 Å². The van der Waals surface area contributed by atoms with Crippen molar-refractivity contribution in [1.82, 2.24) is 24.6 Å². The molecule has 2 rings (SSSR count). The Bertz CT molecular complexity index is 663. The molecule has 0 saturated heterocycles. The zero-order valence-corrected chi connectivity index (χ0v) is 12.9. The molecule has 2 aromatic heterocycles. The minimum Gasteiger partial charge on any atom is -0.298 e. The van der Waals surface area contributed by atoms with Crippen LogP contribution in [0.15, 0.2) is 12.4 Å². The minimum absolute atomic E-state index is 0.345. The van der Waals surface area contributed by atoms with Gasteiger partial charge < -0.3 is 0 Å². The standard InChI is InChI=1S/C14H18F3N5/c1-9-11(5-18-13(19-9)14(15,16)17)6-21(3)7-12-8-22(4)20-10(12)2/h5,8H,6-7H2,1-4H3. The largest absolute Gasteiger partial charge is 0.451 e. The van der Waals surface area contributed by atoms with E-state index in [1.807, 2.05) is 32.1 Å². The number of hydrogen-bond donors (Lipinski definition) is 0. The zero-order valence-electron chi connectivity index (χ0n) is 12.9. The van der Waals surface area contributed by atoms with Crippen LogP contribution in [0.3, 0.4) is 0 Å². The molecule has 0 bridgehead atoms. The van der Waals surface area contributed by atoms with Crippen LogP contribution < -0.4 is 0 Å². The molecule has 0 unspecified atom stereocenters. The van der Waals surface area contributed by atoms with E-state index in [-0.39, 0.29) is 0 Å². The lowest BCUT2D eigenvalue weighted by Crippen LogP contribution is -2.20. The molecule has 0 amide bonds. The Morgan fingerprint density at radius 1 is 1.14 bits per heavy atom. The predicted octanol–water partition coefficient (Wildman–Crippen LogP) is 2.48. The van der Waals surface area contributed by atoms with Crippen LogP contribution in [0.4, 0.5) is 13.2 Å². The molecular weight excluding hydrogens is 295 g/mol. The second kappa shape index (κ2) is 6.04. The Hall–Kier alpha value is -1.96. The molecule has 2 aromatic rings. The van der Waals surface area contributed by atoms with Gasteiger partial charge in [-0.05, 0) is 20.9 Å². The van der Waals surface area contributed by atoms with Crippen LogP contribution in [0.25, 0.3) is 0 Å². The summed E-state index contributed by atoms with van der Waals surface area (Å²) < 4.78 is 39.4. The third kappa shape index (κ3) is 3.82. The van der Waals surface area contributed by atoms with Crippen molar-refractivity contribution in [2.24, 2.45) is 7.05 Å². The van der Waals surface area contributed by atoms with Crippen molar-refractivity contribution in [2.75, 3.05) is 7.05 Å². The number of hydrogen-bond acceptors (Lipinski definition) is 4. The van der Waals surface area contributed by atoms with E-state index >= 15 is 0 Å². The highest BCUT2D eigenvalue weighted by Crippen LogP contribution is 2.26. The van der Waals surface area contributed by atoms with Crippen LogP contribution >= 0.6 is 0 Å². The molecule has 120 valence electrons. The van der Waals surface area contributed by atoms with Gasteiger partial charge in [0.2, 0.25) is 5.82 Å². The average molecular weight is 313 g/mol. The van der Waals surface area contributed by atoms with Gasteiger partial charge in [0.1, 0.15) is 0 Å². The molecule has 0 aromatic carbocycles. The number of aryl methyl sites for hydroxylation is 3. The molecule has 0 spiro atoms. The number of aromatic nitrogens is 4. The van der Waals surface area contributed by atoms with Gasteiger partial charge in [0.05, 0.1) is 5.69 Å². The van der Waals surface area contributed by atoms with Gasteiger partial charge in [0.25, 0.3) is 0 Å². The molecule has 0 saturated carbocycles. The fraction of sp³-hybridized carbons (Fsp3) is 0.500. The maximum absolute atomic E-state index is 12.6. The van der Waals surface area contributed by atoms with E-state index in [9.17, 15) is 13.2 Å². The number of alkyl halides is 3. The Labute approximate surface area is 126 Å². The molecule has 0 atom stereocenters. The number of rotatable bonds is 4. The summed E-state index contributed by atoms with van der Waals surface area (Å²) in [4.78, 5) is 8.95. The van der Waals surface area contributed by atoms with Gasteiger partial charge in [-0.1, -0.05) is 0 Å². The van der Waals surface area contributed by atoms with E-state index in [1.165, 1.54) is 6.20 Å². The molecule has 0 N–H and O–H groups in total. The second-order valence-electron chi connectivity index (χ2n) is 5.39. The quantitative estimate of drug-likeness (QED) is 0.870. The van der Waals surface area contributed by atoms with Crippen LogP contribution in [0.2, 0.25) is 0 Å². The normalized spacial score (nSPS) is 12.2. The third-order valence-electron chi connectivity index (χ3n) is 3.33. The van der Waals surface area contributed by atoms with Crippen LogP contribution in [0.1, 0.15) is 28.3 Å². The summed E-state index contributed by atoms with van der Waals surface area (Å²) in [5, 5.41) is 4.27. The summed E-state index contributed by atoms with van der Waals surface area (Å²) in [7, 11) is 3.74. The molecule has 0 aliphatic carbocycles. The monoisotopic (exact) mass is 313 g/mol. The zero-order chi connectivity index (χ0) is 16.5. The van der Waals surface area contributed by atoms with Gasteiger partial charge in [0, 0.05) is 49.4 Å². The van der Waals surface area contributed by atoms with Crippen LogP contribution in [0, 0.1) is 13.8 Å². The van der Waals surface area contributed by atoms with Crippen LogP contribution in [-0.4, -0.2) is 31.7 Å². The van der Waals surface area contributed by atoms with Crippen molar-refractivity contribution in [1.29, 1.82) is 0 Å². The summed E-state index contributed by atoms with van der Waals surface area (Å²) >= 11 is 0. The number of nitrogens with zero attached hydrogens (tertiary/aromatic N) is 5. The van der Waals surface area contributed by atoms with Gasteiger partial charge in [-0.3, -0.25) is 9.58 Å². The predicted molar refractivity (Wildman–Crippen MR) is 74.9 cm³/mol. The first-order valence-electron chi connectivity index (χ1n) is 6.74. The maximum Gasteiger partial charge on any atom is 0.451 e. The van der Waals surface area contributed by atoms with E-state index in [1.54, 1.807) is 11.6 Å². The Balaban J connectivity index is 2.08. The smallest absolute Gasteiger partial charge is 0.298 e. The van der Waals surface area contributed by atoms with Gasteiger partial charge in [0.15, 0.2) is 0 Å². The SMILES string of the molecule is Cc1nc(C(F)(F)F)ncc1CN(C)Cc1cn(C)nc1C. The second-order valence-corrected chi connectivity index (χ2v) is 5.39. The first kappa shape index (κ1) is 16.4. The fourth-order valence-corrected chi connectivity index (χ4v) is 2.23. The first-order valence-corrected chi connectivity index (χ1v) is 6.74. The Morgan fingerprint density at radius 2 is 1.77 bits per heavy atom. The molecule has 0 fully saturated rings. The summed E-state index contributed by atoms with van der Waals surface area (Å²) in [5.41, 5.74) is 3.04. The lowest BCUT2D eigenvalue weighted by Gasteiger charge is -2.17. The highest BCUT2D eigenvalue weighted by molar-refractivity contribution is 5.18. The van der Waals surface area contributed by atoms with Crippen molar-refractivity contribution in [3.8, 4) is 0 Å². The van der Waals surface area contributed by atoms with Gasteiger partial charge in [-0.15, -0.1) is 0 Å². The number of halogens is 3. The Kier molecular flexibility index (Phi) is 4.50. The lowest BCUT2D eigenvalue weighted by atomic mass is 10.2. The summed E-state index contributed by atoms with van der Waals surface area (Å²) in [6.07, 6.45) is -1.33. The first-order chi connectivity index (χ1) is 10.2. The van der Waals surface area contributed by atoms with Crippen molar-refractivity contribution in [3.05, 3.63) is 40.7 Å². The highest BCUT2D eigenvalue weighted by Gasteiger charge is 2.34. The highest BCUT2D eigenvalue weighted by atomic mass is 19.4. The molecule has 22 heavy (non-hydrogen) atoms. The lowest BCUT2D eigenvalue weighted by molar-refractivity contribution is -0.145. The average Bonchev–Trinajstić information content (AvgIpc) is 2.69. The van der Waals surface area contributed by atoms with Crippen LogP contribution in [0.5, 0.6) is 0 Å². The maximum atomic E-state index is 12.6. The van der Waals surface area contributed by atoms with E-state index < -0.39 is 12.0 Å².